The second-order valence-corrected chi connectivity index (χ2v) is 4.57. The maximum Gasteiger partial charge on any atom is 0.251 e. The molecule has 3 nitrogen and oxygen atoms in total. The van der Waals surface area contributed by atoms with E-state index >= 15 is 0 Å². The summed E-state index contributed by atoms with van der Waals surface area (Å²) in [5.41, 5.74) is 1.82. The molecule has 0 aliphatic heterocycles. The maximum atomic E-state index is 12.9. The molecule has 0 saturated heterocycles. The summed E-state index contributed by atoms with van der Waals surface area (Å²) in [5.74, 6) is -2.40. The number of thiazole rings is 1. The minimum atomic E-state index is -1.02. The minimum Gasteiger partial charge on any atom is -0.352 e. The van der Waals surface area contributed by atoms with Crippen molar-refractivity contribution >= 4 is 17.2 Å². The molecule has 0 fully saturated rings. The number of amides is 1. The van der Waals surface area contributed by atoms with Crippen molar-refractivity contribution in [1.29, 1.82) is 0 Å². The zero-order chi connectivity index (χ0) is 13.0. The van der Waals surface area contributed by atoms with Gasteiger partial charge in [0.15, 0.2) is 11.6 Å². The number of hydrogen-bond donors (Lipinski definition) is 1. The zero-order valence-corrected chi connectivity index (χ0v) is 10.1. The van der Waals surface area contributed by atoms with Gasteiger partial charge in [-0.2, -0.15) is 0 Å². The SMILES string of the molecule is O=C(NCCc1cncs1)c1ccc(F)c(F)c1. The largest absolute Gasteiger partial charge is 0.352 e. The predicted octanol–water partition coefficient (Wildman–Crippen LogP) is 2.39. The summed E-state index contributed by atoms with van der Waals surface area (Å²) in [6.07, 6.45) is 2.40. The first-order valence-corrected chi connectivity index (χ1v) is 6.15. The molecule has 0 atom stereocenters. The second-order valence-electron chi connectivity index (χ2n) is 3.60. The Bertz CT molecular complexity index is 543. The van der Waals surface area contributed by atoms with Gasteiger partial charge in [-0.05, 0) is 18.2 Å². The van der Waals surface area contributed by atoms with Crippen molar-refractivity contribution in [2.45, 2.75) is 6.42 Å². The summed E-state index contributed by atoms with van der Waals surface area (Å²) in [6.45, 7) is 0.431. The summed E-state index contributed by atoms with van der Waals surface area (Å²) in [4.78, 5) is 16.6. The summed E-state index contributed by atoms with van der Waals surface area (Å²) in [7, 11) is 0. The molecule has 2 aromatic rings. The third-order valence-electron chi connectivity index (χ3n) is 2.32. The summed E-state index contributed by atoms with van der Waals surface area (Å²) >= 11 is 1.50. The fraction of sp³-hybridized carbons (Fsp3) is 0.167. The Morgan fingerprint density at radius 3 is 2.83 bits per heavy atom. The van der Waals surface area contributed by atoms with Gasteiger partial charge in [0.2, 0.25) is 0 Å². The van der Waals surface area contributed by atoms with Crippen LogP contribution in [0.25, 0.3) is 0 Å². The number of halogens is 2. The van der Waals surface area contributed by atoms with E-state index in [0.717, 1.165) is 17.0 Å². The molecule has 0 saturated carbocycles. The van der Waals surface area contributed by atoms with E-state index in [4.69, 9.17) is 0 Å². The second kappa shape index (κ2) is 5.68. The smallest absolute Gasteiger partial charge is 0.251 e. The van der Waals surface area contributed by atoms with Crippen molar-refractivity contribution in [2.75, 3.05) is 6.54 Å². The number of carbonyl (C=O) groups is 1. The molecule has 18 heavy (non-hydrogen) atoms. The minimum absolute atomic E-state index is 0.109. The molecule has 0 radical (unpaired) electrons. The van der Waals surface area contributed by atoms with Gasteiger partial charge in [0.05, 0.1) is 5.51 Å². The predicted molar refractivity (Wildman–Crippen MR) is 64.5 cm³/mol. The molecule has 0 spiro atoms. The zero-order valence-electron chi connectivity index (χ0n) is 9.32. The first kappa shape index (κ1) is 12.6. The normalized spacial score (nSPS) is 10.3. The van der Waals surface area contributed by atoms with Gasteiger partial charge >= 0.3 is 0 Å². The number of nitrogens with zero attached hydrogens (tertiary/aromatic N) is 1. The van der Waals surface area contributed by atoms with Gasteiger partial charge in [0.25, 0.3) is 5.91 Å². The molecule has 0 unspecified atom stereocenters. The van der Waals surface area contributed by atoms with E-state index in [-0.39, 0.29) is 5.56 Å². The highest BCUT2D eigenvalue weighted by Crippen LogP contribution is 2.09. The fourth-order valence-corrected chi connectivity index (χ4v) is 2.00. The van der Waals surface area contributed by atoms with Crippen LogP contribution in [0.15, 0.2) is 29.9 Å². The molecular weight excluding hydrogens is 258 g/mol. The molecule has 1 aromatic carbocycles. The number of benzene rings is 1. The lowest BCUT2D eigenvalue weighted by Gasteiger charge is -2.04. The van der Waals surface area contributed by atoms with Gasteiger partial charge in [-0.3, -0.25) is 9.78 Å². The van der Waals surface area contributed by atoms with Gasteiger partial charge in [-0.25, -0.2) is 8.78 Å². The average Bonchev–Trinajstić information content (AvgIpc) is 2.85. The standard InChI is InChI=1S/C12H10F2N2OS/c13-10-2-1-8(5-11(10)14)12(17)16-4-3-9-6-15-7-18-9/h1-2,5-7H,3-4H2,(H,16,17). The number of nitrogens with one attached hydrogen (secondary N) is 1. The Hall–Kier alpha value is -1.82. The summed E-state index contributed by atoms with van der Waals surface area (Å²) < 4.78 is 25.6. The van der Waals surface area contributed by atoms with Crippen LogP contribution in [0.3, 0.4) is 0 Å². The number of rotatable bonds is 4. The Morgan fingerprint density at radius 2 is 2.17 bits per heavy atom. The summed E-state index contributed by atoms with van der Waals surface area (Å²) in [6, 6.07) is 3.07. The lowest BCUT2D eigenvalue weighted by Crippen LogP contribution is -2.25. The van der Waals surface area contributed by atoms with Crippen LogP contribution in [-0.2, 0) is 6.42 Å². The van der Waals surface area contributed by atoms with Gasteiger partial charge in [-0.15, -0.1) is 11.3 Å². The van der Waals surface area contributed by atoms with Crippen molar-refractivity contribution in [3.8, 4) is 0 Å². The van der Waals surface area contributed by atoms with Gasteiger partial charge in [0.1, 0.15) is 0 Å². The van der Waals surface area contributed by atoms with E-state index in [1.807, 2.05) is 0 Å². The van der Waals surface area contributed by atoms with Crippen LogP contribution in [0, 0.1) is 11.6 Å². The Balaban J connectivity index is 1.89. The maximum absolute atomic E-state index is 12.9. The van der Waals surface area contributed by atoms with Gasteiger partial charge in [0, 0.05) is 29.6 Å². The molecule has 0 bridgehead atoms. The van der Waals surface area contributed by atoms with E-state index in [2.05, 4.69) is 10.3 Å². The van der Waals surface area contributed by atoms with E-state index in [1.54, 1.807) is 11.7 Å². The topological polar surface area (TPSA) is 42.0 Å². The number of aromatic nitrogens is 1. The van der Waals surface area contributed by atoms with Crippen molar-refractivity contribution in [3.05, 3.63) is 52.0 Å². The highest BCUT2D eigenvalue weighted by Gasteiger charge is 2.09. The average molecular weight is 268 g/mol. The monoisotopic (exact) mass is 268 g/mol. The van der Waals surface area contributed by atoms with Crippen molar-refractivity contribution < 1.29 is 13.6 Å². The highest BCUT2D eigenvalue weighted by atomic mass is 32.1. The Morgan fingerprint density at radius 1 is 1.33 bits per heavy atom. The molecule has 94 valence electrons. The third kappa shape index (κ3) is 3.10. The molecule has 6 heteroatoms. The number of hydrogen-bond acceptors (Lipinski definition) is 3. The Labute approximate surface area is 106 Å². The van der Waals surface area contributed by atoms with Gasteiger partial charge < -0.3 is 5.32 Å². The Kier molecular flexibility index (Phi) is 3.99. The van der Waals surface area contributed by atoms with Crippen LogP contribution < -0.4 is 5.32 Å². The lowest BCUT2D eigenvalue weighted by molar-refractivity contribution is 0.0953. The van der Waals surface area contributed by atoms with E-state index in [9.17, 15) is 13.6 Å². The quantitative estimate of drug-likeness (QED) is 0.925. The molecule has 1 aromatic heterocycles. The van der Waals surface area contributed by atoms with Crippen molar-refractivity contribution in [1.82, 2.24) is 10.3 Å². The molecule has 1 amide bonds. The fourth-order valence-electron chi connectivity index (χ4n) is 1.40. The lowest BCUT2D eigenvalue weighted by atomic mass is 10.2. The molecule has 0 aliphatic rings. The first-order valence-electron chi connectivity index (χ1n) is 5.27. The van der Waals surface area contributed by atoms with Crippen LogP contribution in [0.4, 0.5) is 8.78 Å². The van der Waals surface area contributed by atoms with Crippen LogP contribution in [0.1, 0.15) is 15.2 Å². The first-order chi connectivity index (χ1) is 8.66. The molecule has 2 rings (SSSR count). The van der Waals surface area contributed by atoms with E-state index in [0.29, 0.717) is 13.0 Å². The van der Waals surface area contributed by atoms with Crippen molar-refractivity contribution in [2.24, 2.45) is 0 Å². The van der Waals surface area contributed by atoms with E-state index in [1.165, 1.54) is 17.4 Å². The van der Waals surface area contributed by atoms with Crippen molar-refractivity contribution in [3.63, 3.8) is 0 Å². The van der Waals surface area contributed by atoms with Gasteiger partial charge in [-0.1, -0.05) is 0 Å². The van der Waals surface area contributed by atoms with Crippen LogP contribution in [0.2, 0.25) is 0 Å². The van der Waals surface area contributed by atoms with Crippen LogP contribution in [-0.4, -0.2) is 17.4 Å². The molecule has 0 aliphatic carbocycles. The van der Waals surface area contributed by atoms with E-state index < -0.39 is 17.5 Å². The molecular formula is C12H10F2N2OS. The molecule has 1 heterocycles. The highest BCUT2D eigenvalue weighted by molar-refractivity contribution is 7.09. The van der Waals surface area contributed by atoms with Crippen LogP contribution in [0.5, 0.6) is 0 Å². The molecule has 1 N–H and O–H groups in total. The third-order valence-corrected chi connectivity index (χ3v) is 3.16. The van der Waals surface area contributed by atoms with Crippen LogP contribution >= 0.6 is 11.3 Å². The summed E-state index contributed by atoms with van der Waals surface area (Å²) in [5, 5.41) is 2.63. The number of carbonyl (C=O) groups excluding carboxylic acids is 1.